The first-order valence-corrected chi connectivity index (χ1v) is 8.41. The zero-order valence-electron chi connectivity index (χ0n) is 12.8. The highest BCUT2D eigenvalue weighted by atomic mass is 32.1. The Morgan fingerprint density at radius 1 is 1.55 bits per heavy atom. The van der Waals surface area contributed by atoms with Crippen LogP contribution in [0.3, 0.4) is 0 Å². The van der Waals surface area contributed by atoms with Crippen molar-refractivity contribution in [2.24, 2.45) is 0 Å². The van der Waals surface area contributed by atoms with Crippen LogP contribution in [0.2, 0.25) is 0 Å². The number of rotatable bonds is 4. The van der Waals surface area contributed by atoms with Crippen molar-refractivity contribution in [3.8, 4) is 0 Å². The molecule has 3 heterocycles. The highest BCUT2D eigenvalue weighted by Crippen LogP contribution is 2.25. The molecule has 2 aromatic rings. The summed E-state index contributed by atoms with van der Waals surface area (Å²) < 4.78 is 0.625. The van der Waals surface area contributed by atoms with Gasteiger partial charge in [-0.15, -0.1) is 11.3 Å². The molecule has 3 rings (SSSR count). The molecule has 1 fully saturated rings. The van der Waals surface area contributed by atoms with Crippen molar-refractivity contribution in [3.63, 3.8) is 0 Å². The lowest BCUT2D eigenvalue weighted by Gasteiger charge is -2.31. The van der Waals surface area contributed by atoms with Gasteiger partial charge in [0, 0.05) is 7.05 Å². The monoisotopic (exact) mass is 320 g/mol. The molecule has 1 saturated heterocycles. The number of aromatic nitrogens is 2. The molecule has 0 aliphatic carbocycles. The van der Waals surface area contributed by atoms with E-state index in [1.807, 2.05) is 18.4 Å². The largest absolute Gasteiger partial charge is 0.337 e. The number of fused-ring (bicyclic) bond motifs is 1. The number of aromatic amines is 1. The number of hydrogen-bond acceptors (Lipinski definition) is 5. The zero-order chi connectivity index (χ0) is 15.7. The molecule has 2 N–H and O–H groups in total. The van der Waals surface area contributed by atoms with Crippen LogP contribution in [0.4, 0.5) is 0 Å². The average molecular weight is 320 g/mol. The van der Waals surface area contributed by atoms with Gasteiger partial charge in [0.1, 0.15) is 10.5 Å². The second-order valence-electron chi connectivity index (χ2n) is 5.77. The molecule has 2 aromatic heterocycles. The molecule has 7 heteroatoms. The van der Waals surface area contributed by atoms with Crippen molar-refractivity contribution in [2.75, 3.05) is 13.6 Å². The van der Waals surface area contributed by atoms with Crippen LogP contribution in [0.15, 0.2) is 16.2 Å². The Hall–Kier alpha value is -1.73. The fourth-order valence-electron chi connectivity index (χ4n) is 3.10. The van der Waals surface area contributed by atoms with Crippen LogP contribution >= 0.6 is 11.3 Å². The maximum Gasteiger partial charge on any atom is 0.268 e. The summed E-state index contributed by atoms with van der Waals surface area (Å²) in [6.07, 6.45) is 2.65. The molecular formula is C15H20N4O2S. The fourth-order valence-corrected chi connectivity index (χ4v) is 3.83. The number of carbonyl (C=O) groups excluding carboxylic acids is 1. The number of thiophene rings is 1. The van der Waals surface area contributed by atoms with Crippen LogP contribution in [0.1, 0.15) is 32.0 Å². The summed E-state index contributed by atoms with van der Waals surface area (Å²) in [4.78, 5) is 33.6. The maximum absolute atomic E-state index is 12.7. The summed E-state index contributed by atoms with van der Waals surface area (Å²) in [5, 5.41) is 5.19. The van der Waals surface area contributed by atoms with Crippen molar-refractivity contribution < 1.29 is 4.79 Å². The van der Waals surface area contributed by atoms with Crippen molar-refractivity contribution in [1.29, 1.82) is 0 Å². The van der Waals surface area contributed by atoms with Gasteiger partial charge in [-0.25, -0.2) is 4.98 Å². The predicted molar refractivity (Wildman–Crippen MR) is 87.0 cm³/mol. The SMILES string of the molecule is CCC1(C(=O)N(C)Cc2nc3ccsc3c(=O)[nH]2)CCCN1. The van der Waals surface area contributed by atoms with Gasteiger partial charge in [0.05, 0.1) is 17.6 Å². The van der Waals surface area contributed by atoms with Gasteiger partial charge in [-0.2, -0.15) is 0 Å². The normalized spacial score (nSPS) is 21.4. The lowest BCUT2D eigenvalue weighted by Crippen LogP contribution is -2.53. The van der Waals surface area contributed by atoms with Gasteiger partial charge in [0.25, 0.3) is 5.56 Å². The Bertz CT molecular complexity index is 745. The quantitative estimate of drug-likeness (QED) is 0.894. The molecule has 118 valence electrons. The van der Waals surface area contributed by atoms with Crippen LogP contribution in [0.5, 0.6) is 0 Å². The van der Waals surface area contributed by atoms with Crippen LogP contribution in [-0.2, 0) is 11.3 Å². The Balaban J connectivity index is 1.81. The van der Waals surface area contributed by atoms with E-state index in [9.17, 15) is 9.59 Å². The number of nitrogens with zero attached hydrogens (tertiary/aromatic N) is 2. The summed E-state index contributed by atoms with van der Waals surface area (Å²) >= 11 is 1.37. The predicted octanol–water partition coefficient (Wildman–Crippen LogP) is 1.48. The van der Waals surface area contributed by atoms with E-state index in [0.29, 0.717) is 22.6 Å². The van der Waals surface area contributed by atoms with Crippen LogP contribution < -0.4 is 10.9 Å². The number of nitrogens with one attached hydrogen (secondary N) is 2. The minimum atomic E-state index is -0.457. The molecule has 0 spiro atoms. The first-order valence-electron chi connectivity index (χ1n) is 7.53. The minimum absolute atomic E-state index is 0.0700. The number of amides is 1. The van der Waals surface area contributed by atoms with E-state index in [1.165, 1.54) is 11.3 Å². The lowest BCUT2D eigenvalue weighted by atomic mass is 9.92. The van der Waals surface area contributed by atoms with Gasteiger partial charge >= 0.3 is 0 Å². The van der Waals surface area contributed by atoms with Crippen LogP contribution in [-0.4, -0.2) is 39.9 Å². The molecule has 22 heavy (non-hydrogen) atoms. The van der Waals surface area contributed by atoms with Crippen molar-refractivity contribution in [3.05, 3.63) is 27.6 Å². The highest BCUT2D eigenvalue weighted by Gasteiger charge is 2.40. The van der Waals surface area contributed by atoms with Gasteiger partial charge < -0.3 is 15.2 Å². The van der Waals surface area contributed by atoms with Crippen molar-refractivity contribution in [2.45, 2.75) is 38.3 Å². The van der Waals surface area contributed by atoms with Crippen LogP contribution in [0.25, 0.3) is 10.2 Å². The van der Waals surface area contributed by atoms with E-state index >= 15 is 0 Å². The highest BCUT2D eigenvalue weighted by molar-refractivity contribution is 7.17. The molecule has 1 aliphatic heterocycles. The van der Waals surface area contributed by atoms with E-state index < -0.39 is 5.54 Å². The standard InChI is InChI=1S/C15H20N4O2S/c1-3-15(6-4-7-16-15)14(21)19(2)9-11-17-10-5-8-22-12(10)13(20)18-11/h5,8,16H,3-4,6-7,9H2,1-2H3,(H,17,18,20). The van der Waals surface area contributed by atoms with E-state index in [2.05, 4.69) is 15.3 Å². The van der Waals surface area contributed by atoms with Gasteiger partial charge in [-0.3, -0.25) is 9.59 Å². The lowest BCUT2D eigenvalue weighted by molar-refractivity contribution is -0.137. The van der Waals surface area contributed by atoms with Gasteiger partial charge in [-0.05, 0) is 37.3 Å². The summed E-state index contributed by atoms with van der Waals surface area (Å²) in [5.74, 6) is 0.594. The number of H-pyrrole nitrogens is 1. The maximum atomic E-state index is 12.7. The van der Waals surface area contributed by atoms with Gasteiger partial charge in [0.2, 0.25) is 5.91 Å². The molecule has 0 saturated carbocycles. The molecule has 6 nitrogen and oxygen atoms in total. The smallest absolute Gasteiger partial charge is 0.268 e. The second kappa shape index (κ2) is 5.81. The molecular weight excluding hydrogens is 300 g/mol. The molecule has 1 unspecified atom stereocenters. The molecule has 1 amide bonds. The Kier molecular flexibility index (Phi) is 4.01. The summed E-state index contributed by atoms with van der Waals surface area (Å²) in [6, 6.07) is 1.83. The number of likely N-dealkylation sites (N-methyl/N-ethyl adjacent to an activating group) is 1. The van der Waals surface area contributed by atoms with Crippen molar-refractivity contribution >= 4 is 27.5 Å². The Morgan fingerprint density at radius 3 is 3.05 bits per heavy atom. The summed E-state index contributed by atoms with van der Waals surface area (Å²) in [7, 11) is 1.76. The topological polar surface area (TPSA) is 78.1 Å². The third-order valence-electron chi connectivity index (χ3n) is 4.35. The molecule has 0 radical (unpaired) electrons. The molecule has 1 aliphatic rings. The van der Waals surface area contributed by atoms with Crippen LogP contribution in [0, 0.1) is 0 Å². The number of hydrogen-bond donors (Lipinski definition) is 2. The molecule has 1 atom stereocenters. The van der Waals surface area contributed by atoms with Crippen molar-refractivity contribution in [1.82, 2.24) is 20.2 Å². The zero-order valence-corrected chi connectivity index (χ0v) is 13.6. The summed E-state index contributed by atoms with van der Waals surface area (Å²) in [6.45, 7) is 3.22. The van der Waals surface area contributed by atoms with E-state index in [4.69, 9.17) is 0 Å². The fraction of sp³-hybridized carbons (Fsp3) is 0.533. The third-order valence-corrected chi connectivity index (χ3v) is 5.26. The third kappa shape index (κ3) is 2.55. The molecule has 0 bridgehead atoms. The Morgan fingerprint density at radius 2 is 2.36 bits per heavy atom. The van der Waals surface area contributed by atoms with Gasteiger partial charge in [0.15, 0.2) is 0 Å². The van der Waals surface area contributed by atoms with E-state index in [0.717, 1.165) is 25.8 Å². The summed E-state index contributed by atoms with van der Waals surface area (Å²) in [5.41, 5.74) is 0.0930. The second-order valence-corrected chi connectivity index (χ2v) is 6.69. The first-order chi connectivity index (χ1) is 10.6. The average Bonchev–Trinajstić information content (AvgIpc) is 3.16. The van der Waals surface area contributed by atoms with E-state index in [1.54, 1.807) is 11.9 Å². The van der Waals surface area contributed by atoms with E-state index in [-0.39, 0.29) is 11.5 Å². The van der Waals surface area contributed by atoms with Gasteiger partial charge in [-0.1, -0.05) is 6.92 Å². The minimum Gasteiger partial charge on any atom is -0.337 e. The first kappa shape index (κ1) is 15.2. The molecule has 0 aromatic carbocycles. The Labute approximate surface area is 132 Å². The number of carbonyl (C=O) groups is 1.